The maximum atomic E-state index is 6.16. The zero-order chi connectivity index (χ0) is 13.8. The third kappa shape index (κ3) is 2.05. The molecule has 0 saturated heterocycles. The lowest BCUT2D eigenvalue weighted by Gasteiger charge is -2.43. The molecule has 19 heavy (non-hydrogen) atoms. The predicted molar refractivity (Wildman–Crippen MR) is 90.2 cm³/mol. The molecule has 2 bridgehead atoms. The van der Waals surface area contributed by atoms with Crippen LogP contribution in [-0.2, 0) is 0 Å². The highest BCUT2D eigenvalue weighted by atomic mass is 127. The number of nitrogens with one attached hydrogen (secondary N) is 1. The van der Waals surface area contributed by atoms with E-state index in [1.54, 1.807) is 0 Å². The van der Waals surface area contributed by atoms with Crippen molar-refractivity contribution in [2.24, 2.45) is 16.7 Å². The molecule has 0 heterocycles. The Kier molecular flexibility index (Phi) is 3.04. The summed E-state index contributed by atoms with van der Waals surface area (Å²) < 4.78 is 1.19. The largest absolute Gasteiger partial charge is 0.397 e. The van der Waals surface area contributed by atoms with Gasteiger partial charge in [-0.1, -0.05) is 20.8 Å². The van der Waals surface area contributed by atoms with E-state index in [0.717, 1.165) is 17.3 Å². The van der Waals surface area contributed by atoms with E-state index in [1.165, 1.54) is 22.8 Å². The molecule has 3 heteroatoms. The van der Waals surface area contributed by atoms with Crippen molar-refractivity contribution in [1.82, 2.24) is 0 Å². The van der Waals surface area contributed by atoms with Crippen molar-refractivity contribution in [2.75, 3.05) is 11.1 Å². The highest BCUT2D eigenvalue weighted by Crippen LogP contribution is 2.63. The van der Waals surface area contributed by atoms with E-state index in [1.807, 2.05) is 6.07 Å². The van der Waals surface area contributed by atoms with Crippen LogP contribution in [0.3, 0.4) is 0 Å². The van der Waals surface area contributed by atoms with Crippen molar-refractivity contribution in [3.05, 3.63) is 21.8 Å². The number of halogens is 1. The summed E-state index contributed by atoms with van der Waals surface area (Å²) in [5.74, 6) is 0.861. The van der Waals surface area contributed by atoms with Gasteiger partial charge in [0.15, 0.2) is 0 Å². The van der Waals surface area contributed by atoms with Gasteiger partial charge in [-0.3, -0.25) is 0 Å². The zero-order valence-electron chi connectivity index (χ0n) is 12.0. The molecule has 1 aromatic rings. The van der Waals surface area contributed by atoms with Crippen molar-refractivity contribution >= 4 is 34.0 Å². The molecule has 0 amide bonds. The van der Waals surface area contributed by atoms with Crippen LogP contribution < -0.4 is 11.1 Å². The summed E-state index contributed by atoms with van der Waals surface area (Å²) in [6.45, 7) is 7.29. The molecule has 3 atom stereocenters. The van der Waals surface area contributed by atoms with Gasteiger partial charge in [-0.2, -0.15) is 0 Å². The second-order valence-electron chi connectivity index (χ2n) is 7.22. The molecular formula is C16H23IN2. The van der Waals surface area contributed by atoms with E-state index in [0.29, 0.717) is 16.9 Å². The van der Waals surface area contributed by atoms with Crippen molar-refractivity contribution in [3.63, 3.8) is 0 Å². The van der Waals surface area contributed by atoms with Crippen molar-refractivity contribution in [3.8, 4) is 0 Å². The lowest BCUT2D eigenvalue weighted by atomic mass is 9.68. The Balaban J connectivity index is 1.90. The molecule has 3 N–H and O–H groups in total. The molecule has 3 rings (SSSR count). The molecule has 2 fully saturated rings. The minimum absolute atomic E-state index is 0.364. The van der Waals surface area contributed by atoms with Crippen LogP contribution in [-0.4, -0.2) is 6.04 Å². The highest BCUT2D eigenvalue weighted by Gasteiger charge is 2.59. The van der Waals surface area contributed by atoms with Crippen LogP contribution >= 0.6 is 22.6 Å². The number of fused-ring (bicyclic) bond motifs is 2. The maximum Gasteiger partial charge on any atom is 0.0577 e. The lowest BCUT2D eigenvalue weighted by molar-refractivity contribution is 0.155. The van der Waals surface area contributed by atoms with E-state index >= 15 is 0 Å². The Labute approximate surface area is 129 Å². The first kappa shape index (κ1) is 13.5. The summed E-state index contributed by atoms with van der Waals surface area (Å²) in [6.07, 6.45) is 4.11. The molecule has 0 aromatic heterocycles. The van der Waals surface area contributed by atoms with E-state index in [9.17, 15) is 0 Å². The number of rotatable bonds is 2. The van der Waals surface area contributed by atoms with Crippen molar-refractivity contribution in [1.29, 1.82) is 0 Å². The standard InChI is InChI=1S/C16H23IN2/c1-15(2)10-6-7-16(3,9-10)14(15)19-13-5-4-11(17)8-12(13)18/h4-5,8,10,14,19H,6-7,9,18H2,1-3H3. The van der Waals surface area contributed by atoms with Crippen LogP contribution in [0.2, 0.25) is 0 Å². The van der Waals surface area contributed by atoms with Crippen molar-refractivity contribution in [2.45, 2.75) is 46.1 Å². The predicted octanol–water partition coefficient (Wildman–Crippen LogP) is 4.50. The Morgan fingerprint density at radius 3 is 2.63 bits per heavy atom. The smallest absolute Gasteiger partial charge is 0.0577 e. The Bertz CT molecular complexity index is 507. The number of nitrogen functional groups attached to an aromatic ring is 1. The minimum atomic E-state index is 0.364. The molecule has 2 aliphatic carbocycles. The van der Waals surface area contributed by atoms with Gasteiger partial charge >= 0.3 is 0 Å². The van der Waals surface area contributed by atoms with Crippen LogP contribution in [0.5, 0.6) is 0 Å². The monoisotopic (exact) mass is 370 g/mol. The van der Waals surface area contributed by atoms with Gasteiger partial charge in [0, 0.05) is 9.61 Å². The first-order chi connectivity index (χ1) is 8.83. The fourth-order valence-electron chi connectivity index (χ4n) is 4.48. The van der Waals surface area contributed by atoms with Gasteiger partial charge in [0.2, 0.25) is 0 Å². The molecule has 0 spiro atoms. The first-order valence-corrected chi connectivity index (χ1v) is 8.22. The van der Waals surface area contributed by atoms with Crippen LogP contribution in [0, 0.1) is 20.3 Å². The Morgan fingerprint density at radius 2 is 2.05 bits per heavy atom. The van der Waals surface area contributed by atoms with Gasteiger partial charge in [0.05, 0.1) is 11.4 Å². The molecular weight excluding hydrogens is 347 g/mol. The van der Waals surface area contributed by atoms with Crippen LogP contribution in [0.4, 0.5) is 11.4 Å². The minimum Gasteiger partial charge on any atom is -0.397 e. The average molecular weight is 370 g/mol. The molecule has 2 aliphatic rings. The summed E-state index contributed by atoms with van der Waals surface area (Å²) in [6, 6.07) is 6.83. The number of hydrogen-bond acceptors (Lipinski definition) is 2. The molecule has 0 aliphatic heterocycles. The third-order valence-electron chi connectivity index (χ3n) is 5.58. The summed E-state index contributed by atoms with van der Waals surface area (Å²) in [7, 11) is 0. The first-order valence-electron chi connectivity index (χ1n) is 7.14. The average Bonchev–Trinajstić information content (AvgIpc) is 2.78. The zero-order valence-corrected chi connectivity index (χ0v) is 14.1. The number of benzene rings is 1. The quantitative estimate of drug-likeness (QED) is 0.594. The van der Waals surface area contributed by atoms with Gasteiger partial charge in [0.25, 0.3) is 0 Å². The van der Waals surface area contributed by atoms with Gasteiger partial charge in [-0.05, 0) is 76.8 Å². The lowest BCUT2D eigenvalue weighted by Crippen LogP contribution is -2.45. The van der Waals surface area contributed by atoms with E-state index in [4.69, 9.17) is 5.73 Å². The summed E-state index contributed by atoms with van der Waals surface area (Å²) in [4.78, 5) is 0. The number of hydrogen-bond donors (Lipinski definition) is 2. The van der Waals surface area contributed by atoms with E-state index < -0.39 is 0 Å². The third-order valence-corrected chi connectivity index (χ3v) is 6.25. The molecule has 2 saturated carbocycles. The number of anilines is 2. The van der Waals surface area contributed by atoms with Crippen molar-refractivity contribution < 1.29 is 0 Å². The van der Waals surface area contributed by atoms with E-state index in [2.05, 4.69) is 60.8 Å². The van der Waals surface area contributed by atoms with Gasteiger partial charge in [-0.15, -0.1) is 0 Å². The maximum absolute atomic E-state index is 6.16. The normalized spacial score (nSPS) is 35.6. The van der Waals surface area contributed by atoms with Crippen LogP contribution in [0.15, 0.2) is 18.2 Å². The molecule has 1 aromatic carbocycles. The molecule has 0 radical (unpaired) electrons. The van der Waals surface area contributed by atoms with Crippen LogP contribution in [0.1, 0.15) is 40.0 Å². The van der Waals surface area contributed by atoms with Gasteiger partial charge < -0.3 is 11.1 Å². The Morgan fingerprint density at radius 1 is 1.32 bits per heavy atom. The number of nitrogens with two attached hydrogens (primary N) is 1. The van der Waals surface area contributed by atoms with Gasteiger partial charge in [0.1, 0.15) is 0 Å². The summed E-state index contributed by atoms with van der Waals surface area (Å²) >= 11 is 2.31. The second kappa shape index (κ2) is 4.27. The fraction of sp³-hybridized carbons (Fsp3) is 0.625. The SMILES string of the molecule is CC12CCC(C1)C(C)(C)C2Nc1ccc(I)cc1N. The summed E-state index contributed by atoms with van der Waals surface area (Å²) in [5.41, 5.74) is 8.93. The molecule has 3 unspecified atom stereocenters. The Hall–Kier alpha value is -0.450. The second-order valence-corrected chi connectivity index (χ2v) is 8.47. The topological polar surface area (TPSA) is 38.0 Å². The van der Waals surface area contributed by atoms with Crippen LogP contribution in [0.25, 0.3) is 0 Å². The fourth-order valence-corrected chi connectivity index (χ4v) is 5.00. The molecule has 2 nitrogen and oxygen atoms in total. The highest BCUT2D eigenvalue weighted by molar-refractivity contribution is 14.1. The summed E-state index contributed by atoms with van der Waals surface area (Å²) in [5, 5.41) is 3.77. The molecule has 104 valence electrons. The van der Waals surface area contributed by atoms with E-state index in [-0.39, 0.29) is 0 Å². The van der Waals surface area contributed by atoms with Gasteiger partial charge in [-0.25, -0.2) is 0 Å².